The van der Waals surface area contributed by atoms with Gasteiger partial charge >= 0.3 is 0 Å². The molecule has 1 aliphatic rings. The Morgan fingerprint density at radius 3 is 2.73 bits per heavy atom. The maximum Gasteiger partial charge on any atom is 0.0640 e. The quantitative estimate of drug-likeness (QED) is 0.657. The van der Waals surface area contributed by atoms with Gasteiger partial charge in [-0.05, 0) is 24.8 Å². The molecule has 0 aromatic rings. The van der Waals surface area contributed by atoms with Gasteiger partial charge in [0.25, 0.3) is 0 Å². The topological polar surface area (TPSA) is 20.2 Å². The summed E-state index contributed by atoms with van der Waals surface area (Å²) in [7, 11) is 0. The number of hydrogen-bond donors (Lipinski definition) is 1. The molecule has 0 aromatic heterocycles. The van der Waals surface area contributed by atoms with E-state index in [-0.39, 0.29) is 6.10 Å². The Kier molecular flexibility index (Phi) is 5.10. The number of aliphatic hydroxyl groups is 1. The molecular weight excluding hydrogens is 184 g/mol. The molecule has 2 atom stereocenters. The molecule has 1 N–H and O–H groups in total. The number of aliphatic hydroxyl groups excluding tert-OH is 1. The molecule has 0 amide bonds. The van der Waals surface area contributed by atoms with Gasteiger partial charge in [-0.1, -0.05) is 51.3 Å². The Morgan fingerprint density at radius 2 is 2.20 bits per heavy atom. The highest BCUT2D eigenvalue weighted by Gasteiger charge is 2.22. The first-order chi connectivity index (χ1) is 7.15. The van der Waals surface area contributed by atoms with Crippen molar-refractivity contribution in [3.05, 3.63) is 23.8 Å². The van der Waals surface area contributed by atoms with Crippen molar-refractivity contribution in [3.63, 3.8) is 0 Å². The first-order valence-corrected chi connectivity index (χ1v) is 6.22. The number of unbranched alkanes of at least 4 members (excludes halogenated alkanes) is 3. The van der Waals surface area contributed by atoms with Gasteiger partial charge in [0.05, 0.1) is 6.10 Å². The molecule has 86 valence electrons. The van der Waals surface area contributed by atoms with E-state index in [1.54, 1.807) is 0 Å². The van der Waals surface area contributed by atoms with Crippen LogP contribution in [0.2, 0.25) is 0 Å². The molecule has 0 spiro atoms. The fourth-order valence-electron chi connectivity index (χ4n) is 2.10. The van der Waals surface area contributed by atoms with Crippen molar-refractivity contribution < 1.29 is 5.11 Å². The number of hydrogen-bond acceptors (Lipinski definition) is 1. The van der Waals surface area contributed by atoms with Crippen molar-refractivity contribution in [2.24, 2.45) is 5.92 Å². The lowest BCUT2D eigenvalue weighted by atomic mass is 10.0. The second kappa shape index (κ2) is 6.12. The van der Waals surface area contributed by atoms with Crippen molar-refractivity contribution in [1.29, 1.82) is 0 Å². The highest BCUT2D eigenvalue weighted by atomic mass is 16.3. The van der Waals surface area contributed by atoms with Crippen LogP contribution in [0.5, 0.6) is 0 Å². The molecule has 1 rings (SSSR count). The van der Waals surface area contributed by atoms with Crippen LogP contribution in [0.15, 0.2) is 23.8 Å². The third-order valence-corrected chi connectivity index (χ3v) is 3.29. The lowest BCUT2D eigenvalue weighted by Gasteiger charge is -2.08. The molecule has 0 radical (unpaired) electrons. The Bertz CT molecular complexity index is 240. The van der Waals surface area contributed by atoms with Crippen molar-refractivity contribution in [3.8, 4) is 0 Å². The van der Waals surface area contributed by atoms with Crippen LogP contribution in [0.3, 0.4) is 0 Å². The summed E-state index contributed by atoms with van der Waals surface area (Å²) in [6.07, 6.45) is 9.09. The third-order valence-electron chi connectivity index (χ3n) is 3.29. The molecule has 1 aliphatic carbocycles. The zero-order valence-electron chi connectivity index (χ0n) is 10.1. The normalized spacial score (nSPS) is 25.4. The van der Waals surface area contributed by atoms with Gasteiger partial charge in [0.2, 0.25) is 0 Å². The minimum absolute atomic E-state index is 0.174. The molecule has 0 bridgehead atoms. The molecule has 1 nitrogen and oxygen atoms in total. The molecule has 0 unspecified atom stereocenters. The number of rotatable bonds is 6. The fourth-order valence-corrected chi connectivity index (χ4v) is 2.10. The lowest BCUT2D eigenvalue weighted by Crippen LogP contribution is -2.09. The minimum Gasteiger partial charge on any atom is -0.392 e. The van der Waals surface area contributed by atoms with Crippen molar-refractivity contribution in [2.75, 3.05) is 0 Å². The maximum atomic E-state index is 9.63. The van der Waals surface area contributed by atoms with Gasteiger partial charge in [-0.2, -0.15) is 0 Å². The third kappa shape index (κ3) is 3.83. The van der Waals surface area contributed by atoms with E-state index >= 15 is 0 Å². The molecular formula is C14H24O. The summed E-state index contributed by atoms with van der Waals surface area (Å²) < 4.78 is 0. The largest absolute Gasteiger partial charge is 0.392 e. The average molecular weight is 208 g/mol. The van der Waals surface area contributed by atoms with Crippen molar-refractivity contribution >= 4 is 0 Å². The second-order valence-electron chi connectivity index (χ2n) is 4.74. The van der Waals surface area contributed by atoms with E-state index in [0.717, 1.165) is 12.8 Å². The molecule has 0 saturated heterocycles. The zero-order valence-corrected chi connectivity index (χ0v) is 10.1. The summed E-state index contributed by atoms with van der Waals surface area (Å²) in [6.45, 7) is 8.42. The van der Waals surface area contributed by atoms with Gasteiger partial charge in [0, 0.05) is 5.92 Å². The SMILES string of the molecule is C=C(CCCCCC)C1=C[C@@H](C)[C@@H](O)C1. The zero-order chi connectivity index (χ0) is 11.3. The minimum atomic E-state index is -0.174. The maximum absolute atomic E-state index is 9.63. The van der Waals surface area contributed by atoms with Crippen LogP contribution in [-0.4, -0.2) is 11.2 Å². The van der Waals surface area contributed by atoms with Gasteiger partial charge in [-0.25, -0.2) is 0 Å². The predicted octanol–water partition coefficient (Wildman–Crippen LogP) is 3.84. The highest BCUT2D eigenvalue weighted by Crippen LogP contribution is 2.30. The molecule has 0 fully saturated rings. The van der Waals surface area contributed by atoms with Gasteiger partial charge in [0.1, 0.15) is 0 Å². The standard InChI is InChI=1S/C14H24O/c1-4-5-6-7-8-11(2)13-9-12(3)14(15)10-13/h9,12,14-15H,2,4-8,10H2,1,3H3/t12-,14+/m1/s1. The lowest BCUT2D eigenvalue weighted by molar-refractivity contribution is 0.150. The Morgan fingerprint density at radius 1 is 1.47 bits per heavy atom. The Balaban J connectivity index is 2.26. The van der Waals surface area contributed by atoms with E-state index in [1.807, 2.05) is 0 Å². The molecule has 15 heavy (non-hydrogen) atoms. The molecule has 0 aromatic carbocycles. The van der Waals surface area contributed by atoms with Gasteiger partial charge in [-0.3, -0.25) is 0 Å². The average Bonchev–Trinajstić information content (AvgIpc) is 2.54. The monoisotopic (exact) mass is 208 g/mol. The fraction of sp³-hybridized carbons (Fsp3) is 0.714. The van der Waals surface area contributed by atoms with Crippen LogP contribution in [-0.2, 0) is 0 Å². The van der Waals surface area contributed by atoms with E-state index in [4.69, 9.17) is 0 Å². The van der Waals surface area contributed by atoms with Gasteiger partial charge < -0.3 is 5.11 Å². The predicted molar refractivity (Wildman–Crippen MR) is 65.8 cm³/mol. The van der Waals surface area contributed by atoms with Crippen LogP contribution < -0.4 is 0 Å². The van der Waals surface area contributed by atoms with Crippen molar-refractivity contribution in [2.45, 2.75) is 58.5 Å². The Hall–Kier alpha value is -0.560. The van der Waals surface area contributed by atoms with Crippen LogP contribution in [0.1, 0.15) is 52.4 Å². The Labute approximate surface area is 93.9 Å². The van der Waals surface area contributed by atoms with Crippen LogP contribution in [0, 0.1) is 5.92 Å². The summed E-state index contributed by atoms with van der Waals surface area (Å²) in [4.78, 5) is 0. The first kappa shape index (κ1) is 12.5. The summed E-state index contributed by atoms with van der Waals surface area (Å²) >= 11 is 0. The van der Waals surface area contributed by atoms with Crippen LogP contribution in [0.25, 0.3) is 0 Å². The van der Waals surface area contributed by atoms with Crippen LogP contribution in [0.4, 0.5) is 0 Å². The van der Waals surface area contributed by atoms with Gasteiger partial charge in [-0.15, -0.1) is 0 Å². The molecule has 0 aliphatic heterocycles. The van der Waals surface area contributed by atoms with Crippen molar-refractivity contribution in [1.82, 2.24) is 0 Å². The van der Waals surface area contributed by atoms with E-state index < -0.39 is 0 Å². The van der Waals surface area contributed by atoms with E-state index in [1.165, 1.54) is 36.8 Å². The summed E-state index contributed by atoms with van der Waals surface area (Å²) in [6, 6.07) is 0. The first-order valence-electron chi connectivity index (χ1n) is 6.22. The van der Waals surface area contributed by atoms with Gasteiger partial charge in [0.15, 0.2) is 0 Å². The summed E-state index contributed by atoms with van der Waals surface area (Å²) in [5.74, 6) is 0.312. The molecule has 0 heterocycles. The molecule has 1 heteroatoms. The summed E-state index contributed by atoms with van der Waals surface area (Å²) in [5, 5.41) is 9.63. The summed E-state index contributed by atoms with van der Waals surface area (Å²) in [5.41, 5.74) is 2.54. The second-order valence-corrected chi connectivity index (χ2v) is 4.74. The van der Waals surface area contributed by atoms with E-state index in [0.29, 0.717) is 5.92 Å². The highest BCUT2D eigenvalue weighted by molar-refractivity contribution is 5.33. The van der Waals surface area contributed by atoms with E-state index in [2.05, 4.69) is 26.5 Å². The van der Waals surface area contributed by atoms with Crippen LogP contribution >= 0.6 is 0 Å². The molecule has 0 saturated carbocycles. The number of allylic oxidation sites excluding steroid dienone is 1. The smallest absolute Gasteiger partial charge is 0.0640 e. The van der Waals surface area contributed by atoms with E-state index in [9.17, 15) is 5.11 Å².